The van der Waals surface area contributed by atoms with E-state index < -0.39 is 0 Å². The van der Waals surface area contributed by atoms with Crippen molar-refractivity contribution in [3.05, 3.63) is 54.1 Å². The van der Waals surface area contributed by atoms with Crippen LogP contribution in [0.2, 0.25) is 0 Å². The largest absolute Gasteiger partial charge is 0.348 e. The van der Waals surface area contributed by atoms with Gasteiger partial charge in [0.05, 0.1) is 12.5 Å². The second-order valence-corrected chi connectivity index (χ2v) is 3.89. The molecule has 17 heavy (non-hydrogen) atoms. The third-order valence-corrected chi connectivity index (χ3v) is 2.68. The second-order valence-electron chi connectivity index (χ2n) is 3.89. The first kappa shape index (κ1) is 11.4. The van der Waals surface area contributed by atoms with Crippen LogP contribution in [0.1, 0.15) is 24.2 Å². The predicted octanol–water partition coefficient (Wildman–Crippen LogP) is 1.83. The van der Waals surface area contributed by atoms with Gasteiger partial charge in [-0.15, -0.1) is 0 Å². The molecule has 4 nitrogen and oxygen atoms in total. The van der Waals surface area contributed by atoms with E-state index >= 15 is 0 Å². The van der Waals surface area contributed by atoms with E-state index in [9.17, 15) is 4.79 Å². The Labute approximate surface area is 100 Å². The highest BCUT2D eigenvalue weighted by Gasteiger charge is 2.14. The van der Waals surface area contributed by atoms with E-state index in [4.69, 9.17) is 0 Å². The molecule has 1 unspecified atom stereocenters. The summed E-state index contributed by atoms with van der Waals surface area (Å²) in [4.78, 5) is 18.9. The first-order valence-corrected chi connectivity index (χ1v) is 5.58. The van der Waals surface area contributed by atoms with Gasteiger partial charge in [-0.25, -0.2) is 4.98 Å². The third kappa shape index (κ3) is 2.93. The molecule has 1 heterocycles. The van der Waals surface area contributed by atoms with Crippen molar-refractivity contribution in [3.8, 4) is 0 Å². The van der Waals surface area contributed by atoms with Gasteiger partial charge < -0.3 is 10.3 Å². The van der Waals surface area contributed by atoms with E-state index in [2.05, 4.69) is 15.3 Å². The Morgan fingerprint density at radius 2 is 2.18 bits per heavy atom. The average Bonchev–Trinajstić information content (AvgIpc) is 2.89. The molecule has 0 saturated heterocycles. The van der Waals surface area contributed by atoms with Gasteiger partial charge in [0.25, 0.3) is 0 Å². The van der Waals surface area contributed by atoms with Crippen molar-refractivity contribution in [2.45, 2.75) is 19.4 Å². The molecular weight excluding hydrogens is 214 g/mol. The molecule has 2 aromatic rings. The van der Waals surface area contributed by atoms with Gasteiger partial charge >= 0.3 is 0 Å². The number of hydrogen-bond acceptors (Lipinski definition) is 2. The molecule has 1 aromatic carbocycles. The van der Waals surface area contributed by atoms with Gasteiger partial charge in [0.1, 0.15) is 5.82 Å². The zero-order valence-corrected chi connectivity index (χ0v) is 9.68. The molecule has 88 valence electrons. The van der Waals surface area contributed by atoms with E-state index in [0.29, 0.717) is 6.54 Å². The highest BCUT2D eigenvalue weighted by molar-refractivity contribution is 5.83. The van der Waals surface area contributed by atoms with Crippen LogP contribution in [0.5, 0.6) is 0 Å². The fraction of sp³-hybridized carbons (Fsp3) is 0.231. The number of aromatic nitrogens is 2. The molecule has 4 heteroatoms. The smallest absolute Gasteiger partial charge is 0.227 e. The molecule has 0 aliphatic heterocycles. The van der Waals surface area contributed by atoms with Crippen molar-refractivity contribution in [1.29, 1.82) is 0 Å². The van der Waals surface area contributed by atoms with E-state index in [0.717, 1.165) is 11.4 Å². The topological polar surface area (TPSA) is 57.8 Å². The van der Waals surface area contributed by atoms with E-state index in [1.54, 1.807) is 12.4 Å². The van der Waals surface area contributed by atoms with Gasteiger partial charge in [-0.05, 0) is 12.5 Å². The van der Waals surface area contributed by atoms with Gasteiger partial charge in [-0.2, -0.15) is 0 Å². The Hall–Kier alpha value is -2.10. The van der Waals surface area contributed by atoms with Crippen LogP contribution < -0.4 is 5.32 Å². The van der Waals surface area contributed by atoms with Gasteiger partial charge in [0.15, 0.2) is 0 Å². The van der Waals surface area contributed by atoms with Crippen LogP contribution in [0.15, 0.2) is 42.7 Å². The van der Waals surface area contributed by atoms with Crippen molar-refractivity contribution in [2.75, 3.05) is 0 Å². The lowest BCUT2D eigenvalue weighted by molar-refractivity contribution is -0.122. The standard InChI is InChI=1S/C13H15N3O/c1-10(11-5-3-2-4-6-11)13(17)16-9-12-14-7-8-15-12/h2-8,10H,9H2,1H3,(H,14,15)(H,16,17). The van der Waals surface area contributed by atoms with Gasteiger partial charge in [-0.3, -0.25) is 4.79 Å². The molecule has 1 aromatic heterocycles. The molecule has 0 saturated carbocycles. The van der Waals surface area contributed by atoms with E-state index in [-0.39, 0.29) is 11.8 Å². The van der Waals surface area contributed by atoms with Crippen LogP contribution in [0, 0.1) is 0 Å². The number of nitrogens with zero attached hydrogens (tertiary/aromatic N) is 1. The zero-order chi connectivity index (χ0) is 12.1. The minimum atomic E-state index is -0.147. The van der Waals surface area contributed by atoms with Crippen molar-refractivity contribution in [1.82, 2.24) is 15.3 Å². The summed E-state index contributed by atoms with van der Waals surface area (Å²) in [6, 6.07) is 9.72. The fourth-order valence-electron chi connectivity index (χ4n) is 1.61. The van der Waals surface area contributed by atoms with Crippen LogP contribution in [0.3, 0.4) is 0 Å². The highest BCUT2D eigenvalue weighted by Crippen LogP contribution is 2.14. The van der Waals surface area contributed by atoms with Crippen LogP contribution in [0.4, 0.5) is 0 Å². The summed E-state index contributed by atoms with van der Waals surface area (Å²) in [6.45, 7) is 2.33. The maximum absolute atomic E-state index is 11.9. The number of aromatic amines is 1. The maximum Gasteiger partial charge on any atom is 0.227 e. The Kier molecular flexibility index (Phi) is 3.55. The predicted molar refractivity (Wildman–Crippen MR) is 65.3 cm³/mol. The molecule has 1 atom stereocenters. The van der Waals surface area contributed by atoms with Gasteiger partial charge in [0, 0.05) is 12.4 Å². The third-order valence-electron chi connectivity index (χ3n) is 2.68. The van der Waals surface area contributed by atoms with Crippen molar-refractivity contribution < 1.29 is 4.79 Å². The van der Waals surface area contributed by atoms with Crippen molar-refractivity contribution in [2.24, 2.45) is 0 Å². The molecule has 0 bridgehead atoms. The van der Waals surface area contributed by atoms with E-state index in [1.165, 1.54) is 0 Å². The first-order valence-electron chi connectivity index (χ1n) is 5.58. The number of benzene rings is 1. The minimum Gasteiger partial charge on any atom is -0.348 e. The summed E-state index contributed by atoms with van der Waals surface area (Å²) >= 11 is 0. The molecule has 1 amide bonds. The Bertz CT molecular complexity index is 465. The van der Waals surface area contributed by atoms with Crippen LogP contribution in [-0.4, -0.2) is 15.9 Å². The normalized spacial score (nSPS) is 12.1. The number of rotatable bonds is 4. The summed E-state index contributed by atoms with van der Waals surface area (Å²) in [6.07, 6.45) is 3.41. The summed E-state index contributed by atoms with van der Waals surface area (Å²) in [5.74, 6) is 0.623. The van der Waals surface area contributed by atoms with Crippen LogP contribution in [-0.2, 0) is 11.3 Å². The number of amides is 1. The zero-order valence-electron chi connectivity index (χ0n) is 9.68. The number of hydrogen-bond donors (Lipinski definition) is 2. The summed E-state index contributed by atoms with van der Waals surface area (Å²) < 4.78 is 0. The number of carbonyl (C=O) groups is 1. The molecule has 0 radical (unpaired) electrons. The number of H-pyrrole nitrogens is 1. The van der Waals surface area contributed by atoms with Crippen LogP contribution >= 0.6 is 0 Å². The highest BCUT2D eigenvalue weighted by atomic mass is 16.1. The maximum atomic E-state index is 11.9. The lowest BCUT2D eigenvalue weighted by atomic mass is 10.0. The molecule has 2 rings (SSSR count). The molecule has 0 aliphatic carbocycles. The second kappa shape index (κ2) is 5.30. The van der Waals surface area contributed by atoms with E-state index in [1.807, 2.05) is 37.3 Å². The summed E-state index contributed by atoms with van der Waals surface area (Å²) in [7, 11) is 0. The Morgan fingerprint density at radius 3 is 2.82 bits per heavy atom. The minimum absolute atomic E-state index is 0.00704. The lowest BCUT2D eigenvalue weighted by Crippen LogP contribution is -2.27. The molecule has 2 N–H and O–H groups in total. The fourth-order valence-corrected chi connectivity index (χ4v) is 1.61. The molecule has 0 spiro atoms. The number of nitrogens with one attached hydrogen (secondary N) is 2. The Balaban J connectivity index is 1.92. The van der Waals surface area contributed by atoms with Crippen molar-refractivity contribution >= 4 is 5.91 Å². The molecule has 0 aliphatic rings. The average molecular weight is 229 g/mol. The quantitative estimate of drug-likeness (QED) is 0.840. The SMILES string of the molecule is CC(C(=O)NCc1ncc[nH]1)c1ccccc1. The Morgan fingerprint density at radius 1 is 1.41 bits per heavy atom. The summed E-state index contributed by atoms with van der Waals surface area (Å²) in [5.41, 5.74) is 1.02. The van der Waals surface area contributed by atoms with Gasteiger partial charge in [0.2, 0.25) is 5.91 Å². The van der Waals surface area contributed by atoms with Gasteiger partial charge in [-0.1, -0.05) is 30.3 Å². The number of carbonyl (C=O) groups excluding carboxylic acids is 1. The molecular formula is C13H15N3O. The first-order chi connectivity index (χ1) is 8.27. The summed E-state index contributed by atoms with van der Waals surface area (Å²) in [5, 5.41) is 2.85. The molecule has 0 fully saturated rings. The monoisotopic (exact) mass is 229 g/mol. The number of imidazole rings is 1. The van der Waals surface area contributed by atoms with Crippen molar-refractivity contribution in [3.63, 3.8) is 0 Å². The lowest BCUT2D eigenvalue weighted by Gasteiger charge is -2.11. The van der Waals surface area contributed by atoms with Crippen LogP contribution in [0.25, 0.3) is 0 Å².